The van der Waals surface area contributed by atoms with E-state index in [0.717, 1.165) is 62.6 Å². The van der Waals surface area contributed by atoms with Crippen molar-refractivity contribution in [3.63, 3.8) is 0 Å². The molecule has 4 fully saturated rings. The smallest absolute Gasteiger partial charge is 0.158 e. The fraction of sp³-hybridized carbons (Fsp3) is 0.870. The summed E-state index contributed by atoms with van der Waals surface area (Å²) in [5.74, 6) is 3.65. The van der Waals surface area contributed by atoms with E-state index in [4.69, 9.17) is 9.47 Å². The molecule has 0 bridgehead atoms. The molecule has 1 aliphatic heterocycles. The summed E-state index contributed by atoms with van der Waals surface area (Å²) in [6, 6.07) is 0. The summed E-state index contributed by atoms with van der Waals surface area (Å²) in [6.07, 6.45) is 13.0. The summed E-state index contributed by atoms with van der Waals surface area (Å²) in [5, 5.41) is 0. The molecule has 0 aromatic carbocycles. The van der Waals surface area contributed by atoms with Crippen molar-refractivity contribution in [3.8, 4) is 0 Å². The van der Waals surface area contributed by atoms with Gasteiger partial charge in [0.25, 0.3) is 0 Å². The van der Waals surface area contributed by atoms with E-state index in [-0.39, 0.29) is 6.29 Å². The molecule has 3 nitrogen and oxygen atoms in total. The molecule has 3 heteroatoms. The van der Waals surface area contributed by atoms with Crippen molar-refractivity contribution in [3.05, 3.63) is 11.6 Å². The molecule has 1 heterocycles. The number of carbonyl (C=O) groups is 1. The lowest BCUT2D eigenvalue weighted by Crippen LogP contribution is -2.50. The standard InChI is InChI=1S/C23H34O3/c1-22-9-7-17(24)13-15(22)3-5-18-19-6-4-16(14-21-25-11-12-26-21)23(19,2)10-8-20(18)22/h13,16,18-21H,3-12,14H2,1-2H3/t16-,18?,19?,20?,22?,23?/m1/s1. The first-order valence-electron chi connectivity index (χ1n) is 11.0. The third-order valence-electron chi connectivity index (χ3n) is 9.33. The van der Waals surface area contributed by atoms with Crippen LogP contribution < -0.4 is 0 Å². The highest BCUT2D eigenvalue weighted by Gasteiger charge is 2.59. The molecule has 5 aliphatic rings. The van der Waals surface area contributed by atoms with Crippen LogP contribution in [0.1, 0.15) is 71.6 Å². The fourth-order valence-corrected chi connectivity index (χ4v) is 7.83. The van der Waals surface area contributed by atoms with Gasteiger partial charge in [-0.25, -0.2) is 0 Å². The first-order valence-corrected chi connectivity index (χ1v) is 11.0. The van der Waals surface area contributed by atoms with Crippen LogP contribution in [0, 0.1) is 34.5 Å². The number of ketones is 1. The van der Waals surface area contributed by atoms with Gasteiger partial charge in [-0.1, -0.05) is 19.4 Å². The molecule has 1 saturated heterocycles. The van der Waals surface area contributed by atoms with Crippen molar-refractivity contribution in [1.82, 2.24) is 0 Å². The molecule has 3 saturated carbocycles. The van der Waals surface area contributed by atoms with Gasteiger partial charge in [-0.05, 0) is 85.5 Å². The highest BCUT2D eigenvalue weighted by atomic mass is 16.7. The van der Waals surface area contributed by atoms with Crippen LogP contribution in [-0.2, 0) is 14.3 Å². The van der Waals surface area contributed by atoms with Gasteiger partial charge in [0.2, 0.25) is 0 Å². The summed E-state index contributed by atoms with van der Waals surface area (Å²) in [7, 11) is 0. The van der Waals surface area contributed by atoms with Crippen LogP contribution in [0.2, 0.25) is 0 Å². The van der Waals surface area contributed by atoms with E-state index in [2.05, 4.69) is 13.8 Å². The number of ether oxygens (including phenoxy) is 2. The molecule has 26 heavy (non-hydrogen) atoms. The van der Waals surface area contributed by atoms with Gasteiger partial charge >= 0.3 is 0 Å². The Kier molecular flexibility index (Phi) is 4.14. The first kappa shape index (κ1) is 17.4. The molecule has 5 unspecified atom stereocenters. The van der Waals surface area contributed by atoms with Crippen LogP contribution in [0.3, 0.4) is 0 Å². The zero-order valence-electron chi connectivity index (χ0n) is 16.5. The van der Waals surface area contributed by atoms with Gasteiger partial charge in [0, 0.05) is 12.8 Å². The second kappa shape index (κ2) is 6.17. The minimum absolute atomic E-state index is 0.0519. The molecule has 4 aliphatic carbocycles. The lowest BCUT2D eigenvalue weighted by Gasteiger charge is -2.58. The Morgan fingerprint density at radius 1 is 1.00 bits per heavy atom. The third kappa shape index (κ3) is 2.49. The Labute approximate surface area is 157 Å². The van der Waals surface area contributed by atoms with E-state index >= 15 is 0 Å². The van der Waals surface area contributed by atoms with Gasteiger partial charge in [0.05, 0.1) is 13.2 Å². The molecular weight excluding hydrogens is 324 g/mol. The maximum Gasteiger partial charge on any atom is 0.158 e. The second-order valence-electron chi connectivity index (χ2n) is 10.2. The molecule has 0 aromatic heterocycles. The van der Waals surface area contributed by atoms with Crippen LogP contribution in [0.5, 0.6) is 0 Å². The van der Waals surface area contributed by atoms with Gasteiger partial charge < -0.3 is 9.47 Å². The lowest BCUT2D eigenvalue weighted by atomic mass is 9.47. The first-order chi connectivity index (χ1) is 12.5. The average Bonchev–Trinajstić information content (AvgIpc) is 3.24. The fourth-order valence-electron chi connectivity index (χ4n) is 7.83. The Bertz CT molecular complexity index is 619. The van der Waals surface area contributed by atoms with Crippen LogP contribution in [-0.4, -0.2) is 25.3 Å². The molecule has 5 rings (SSSR count). The highest BCUT2D eigenvalue weighted by molar-refractivity contribution is 5.91. The van der Waals surface area contributed by atoms with Crippen LogP contribution in [0.4, 0.5) is 0 Å². The summed E-state index contributed by atoms with van der Waals surface area (Å²) in [5.41, 5.74) is 2.26. The monoisotopic (exact) mass is 358 g/mol. The van der Waals surface area contributed by atoms with Crippen molar-refractivity contribution in [2.24, 2.45) is 34.5 Å². The van der Waals surface area contributed by atoms with Gasteiger partial charge in [-0.15, -0.1) is 0 Å². The Morgan fingerprint density at radius 2 is 1.81 bits per heavy atom. The van der Waals surface area contributed by atoms with Crippen molar-refractivity contribution >= 4 is 5.78 Å². The molecular formula is C23H34O3. The van der Waals surface area contributed by atoms with E-state index in [9.17, 15) is 4.79 Å². The zero-order chi connectivity index (χ0) is 17.9. The largest absolute Gasteiger partial charge is 0.350 e. The molecule has 144 valence electrons. The number of carbonyl (C=O) groups excluding carboxylic acids is 1. The van der Waals surface area contributed by atoms with Crippen molar-refractivity contribution < 1.29 is 14.3 Å². The van der Waals surface area contributed by atoms with Gasteiger partial charge in [-0.3, -0.25) is 4.79 Å². The second-order valence-corrected chi connectivity index (χ2v) is 10.2. The Balaban J connectivity index is 1.38. The maximum atomic E-state index is 12.0. The van der Waals surface area contributed by atoms with Crippen LogP contribution in [0.15, 0.2) is 11.6 Å². The highest BCUT2D eigenvalue weighted by Crippen LogP contribution is 2.67. The quantitative estimate of drug-likeness (QED) is 0.704. The lowest BCUT2D eigenvalue weighted by molar-refractivity contribution is -0.118. The molecule has 0 aromatic rings. The van der Waals surface area contributed by atoms with E-state index in [1.807, 2.05) is 6.08 Å². The van der Waals surface area contributed by atoms with E-state index in [0.29, 0.717) is 16.6 Å². The summed E-state index contributed by atoms with van der Waals surface area (Å²) < 4.78 is 11.6. The summed E-state index contributed by atoms with van der Waals surface area (Å²) in [6.45, 7) is 6.61. The van der Waals surface area contributed by atoms with E-state index in [1.54, 1.807) is 0 Å². The predicted octanol–water partition coefficient (Wildman–Crippen LogP) is 4.90. The summed E-state index contributed by atoms with van der Waals surface area (Å²) >= 11 is 0. The van der Waals surface area contributed by atoms with Gasteiger partial charge in [0.1, 0.15) is 0 Å². The number of rotatable bonds is 2. The number of allylic oxidation sites excluding steroid dienone is 1. The van der Waals surface area contributed by atoms with E-state index < -0.39 is 0 Å². The maximum absolute atomic E-state index is 12.0. The minimum atomic E-state index is 0.0519. The van der Waals surface area contributed by atoms with Crippen LogP contribution in [0.25, 0.3) is 0 Å². The Hall–Kier alpha value is -0.670. The normalized spacial score (nSPS) is 48.7. The third-order valence-corrected chi connectivity index (χ3v) is 9.33. The van der Waals surface area contributed by atoms with Gasteiger partial charge in [0.15, 0.2) is 12.1 Å². The van der Waals surface area contributed by atoms with Crippen molar-refractivity contribution in [1.29, 1.82) is 0 Å². The SMILES string of the molecule is CC12CCC(=O)C=C1CCC1C2CCC2(C)C1CC[C@@H]2CC1OCCO1. The molecule has 0 spiro atoms. The number of hydrogen-bond acceptors (Lipinski definition) is 3. The molecule has 0 radical (unpaired) electrons. The van der Waals surface area contributed by atoms with Crippen LogP contribution >= 0.6 is 0 Å². The van der Waals surface area contributed by atoms with Crippen molar-refractivity contribution in [2.45, 2.75) is 77.9 Å². The number of hydrogen-bond donors (Lipinski definition) is 0. The minimum Gasteiger partial charge on any atom is -0.350 e. The van der Waals surface area contributed by atoms with E-state index in [1.165, 1.54) is 37.7 Å². The Morgan fingerprint density at radius 3 is 2.62 bits per heavy atom. The molecule has 6 atom stereocenters. The molecule has 0 N–H and O–H groups in total. The number of fused-ring (bicyclic) bond motifs is 5. The summed E-state index contributed by atoms with van der Waals surface area (Å²) in [4.78, 5) is 12.0. The van der Waals surface area contributed by atoms with Gasteiger partial charge in [-0.2, -0.15) is 0 Å². The molecule has 0 amide bonds. The zero-order valence-corrected chi connectivity index (χ0v) is 16.5. The van der Waals surface area contributed by atoms with Crippen molar-refractivity contribution in [2.75, 3.05) is 13.2 Å². The topological polar surface area (TPSA) is 35.5 Å². The average molecular weight is 359 g/mol. The predicted molar refractivity (Wildman–Crippen MR) is 101 cm³/mol.